The van der Waals surface area contributed by atoms with E-state index in [9.17, 15) is 4.79 Å². The second kappa shape index (κ2) is 8.37. The lowest BCUT2D eigenvalue weighted by Crippen LogP contribution is -2.25. The number of rotatable bonds is 6. The zero-order chi connectivity index (χ0) is 18.5. The van der Waals surface area contributed by atoms with Crippen molar-refractivity contribution in [1.29, 1.82) is 0 Å². The summed E-state index contributed by atoms with van der Waals surface area (Å²) in [5, 5.41) is 3.61. The Morgan fingerprint density at radius 2 is 2.19 bits per heavy atom. The molecule has 6 nitrogen and oxygen atoms in total. The van der Waals surface area contributed by atoms with Gasteiger partial charge in [0, 0.05) is 4.47 Å². The zero-order valence-electron chi connectivity index (χ0n) is 14.3. The minimum absolute atomic E-state index is 0.119. The van der Waals surface area contributed by atoms with Crippen molar-refractivity contribution >= 4 is 33.2 Å². The lowest BCUT2D eigenvalue weighted by atomic mass is 10.1. The van der Waals surface area contributed by atoms with E-state index in [0.717, 1.165) is 10.0 Å². The molecule has 0 aliphatic heterocycles. The number of nitrogens with one attached hydrogen (secondary N) is 1. The zero-order valence-corrected chi connectivity index (χ0v) is 16.7. The molecule has 0 aliphatic rings. The Morgan fingerprint density at radius 3 is 2.96 bits per heavy atom. The van der Waals surface area contributed by atoms with Crippen LogP contribution in [0, 0.1) is 0 Å². The molecule has 2 heterocycles. The van der Waals surface area contributed by atoms with E-state index in [1.807, 2.05) is 38.1 Å². The predicted octanol–water partition coefficient (Wildman–Crippen LogP) is 4.25. The maximum absolute atomic E-state index is 12.5. The van der Waals surface area contributed by atoms with Crippen molar-refractivity contribution in [2.75, 3.05) is 6.61 Å². The van der Waals surface area contributed by atoms with Gasteiger partial charge in [0.2, 0.25) is 5.88 Å². The average Bonchev–Trinajstić information content (AvgIpc) is 3.12. The maximum atomic E-state index is 12.5. The van der Waals surface area contributed by atoms with Gasteiger partial charge in [-0.15, -0.1) is 11.3 Å². The van der Waals surface area contributed by atoms with Crippen molar-refractivity contribution in [3.05, 3.63) is 57.8 Å². The number of carbonyl (C=O) groups excluding carboxylic acids is 1. The van der Waals surface area contributed by atoms with Crippen molar-refractivity contribution in [2.45, 2.75) is 19.9 Å². The highest BCUT2D eigenvalue weighted by Gasteiger charge is 2.16. The summed E-state index contributed by atoms with van der Waals surface area (Å²) < 4.78 is 6.33. The van der Waals surface area contributed by atoms with Crippen LogP contribution in [0.2, 0.25) is 0 Å². The van der Waals surface area contributed by atoms with Crippen LogP contribution in [0.5, 0.6) is 5.88 Å². The van der Waals surface area contributed by atoms with Crippen LogP contribution in [0.25, 0.3) is 10.7 Å². The number of hydrogen-bond donors (Lipinski definition) is 1. The summed E-state index contributed by atoms with van der Waals surface area (Å²) >= 11 is 4.71. The smallest absolute Gasteiger partial charge is 0.263 e. The summed E-state index contributed by atoms with van der Waals surface area (Å²) in [6.07, 6.45) is 4.71. The molecule has 3 aromatic rings. The van der Waals surface area contributed by atoms with Gasteiger partial charge in [-0.1, -0.05) is 28.1 Å². The van der Waals surface area contributed by atoms with Crippen LogP contribution < -0.4 is 10.1 Å². The van der Waals surface area contributed by atoms with Gasteiger partial charge < -0.3 is 10.1 Å². The van der Waals surface area contributed by atoms with E-state index in [4.69, 9.17) is 4.74 Å². The fourth-order valence-corrected chi connectivity index (χ4v) is 3.48. The number of hydrogen-bond acceptors (Lipinski definition) is 6. The monoisotopic (exact) mass is 432 g/mol. The fourth-order valence-electron chi connectivity index (χ4n) is 2.29. The van der Waals surface area contributed by atoms with Gasteiger partial charge in [-0.3, -0.25) is 9.78 Å². The molecule has 26 heavy (non-hydrogen) atoms. The summed E-state index contributed by atoms with van der Waals surface area (Å²) in [6, 6.07) is 7.73. The summed E-state index contributed by atoms with van der Waals surface area (Å²) in [7, 11) is 0. The largest absolute Gasteiger partial charge is 0.477 e. The number of thiazole rings is 1. The molecule has 1 aromatic carbocycles. The Kier molecular flexibility index (Phi) is 5.95. The lowest BCUT2D eigenvalue weighted by Gasteiger charge is -2.13. The molecule has 2 aromatic heterocycles. The minimum atomic E-state index is -0.171. The predicted molar refractivity (Wildman–Crippen MR) is 104 cm³/mol. The first-order valence-corrected chi connectivity index (χ1v) is 9.65. The Balaban J connectivity index is 1.73. The molecule has 134 valence electrons. The SMILES string of the molecule is CCOc1cncc(-c2ncc(C(=O)N[C@@H](C)c3cccc(Br)c3)s2)n1. The van der Waals surface area contributed by atoms with Crippen molar-refractivity contribution in [2.24, 2.45) is 0 Å². The number of aromatic nitrogens is 3. The van der Waals surface area contributed by atoms with Gasteiger partial charge in [0.15, 0.2) is 0 Å². The van der Waals surface area contributed by atoms with Gasteiger partial charge in [0.25, 0.3) is 5.91 Å². The number of amides is 1. The molecule has 0 bridgehead atoms. The molecule has 1 N–H and O–H groups in total. The van der Waals surface area contributed by atoms with Crippen LogP contribution in [0.4, 0.5) is 0 Å². The lowest BCUT2D eigenvalue weighted by molar-refractivity contribution is 0.0944. The molecule has 0 aliphatic carbocycles. The highest BCUT2D eigenvalue weighted by Crippen LogP contribution is 2.25. The average molecular weight is 433 g/mol. The molecule has 0 saturated heterocycles. The Bertz CT molecular complexity index is 915. The van der Waals surface area contributed by atoms with Crippen LogP contribution >= 0.6 is 27.3 Å². The van der Waals surface area contributed by atoms with E-state index >= 15 is 0 Å². The number of halogens is 1. The van der Waals surface area contributed by atoms with Gasteiger partial charge in [0.1, 0.15) is 15.6 Å². The van der Waals surface area contributed by atoms with Crippen LogP contribution in [0.1, 0.15) is 35.1 Å². The van der Waals surface area contributed by atoms with Crippen molar-refractivity contribution in [3.8, 4) is 16.6 Å². The highest BCUT2D eigenvalue weighted by molar-refractivity contribution is 9.10. The second-order valence-electron chi connectivity index (χ2n) is 5.46. The van der Waals surface area contributed by atoms with E-state index in [1.165, 1.54) is 11.3 Å². The quantitative estimate of drug-likeness (QED) is 0.629. The van der Waals surface area contributed by atoms with Gasteiger partial charge in [-0.2, -0.15) is 0 Å². The van der Waals surface area contributed by atoms with Gasteiger partial charge in [-0.05, 0) is 31.5 Å². The first-order chi connectivity index (χ1) is 12.6. The normalized spacial score (nSPS) is 11.8. The van der Waals surface area contributed by atoms with Crippen LogP contribution in [0.15, 0.2) is 47.3 Å². The third kappa shape index (κ3) is 4.44. The molecule has 0 saturated carbocycles. The first-order valence-electron chi connectivity index (χ1n) is 8.04. The molecule has 8 heteroatoms. The van der Waals surface area contributed by atoms with Crippen molar-refractivity contribution in [1.82, 2.24) is 20.3 Å². The molecule has 0 unspecified atom stereocenters. The van der Waals surface area contributed by atoms with E-state index in [1.54, 1.807) is 18.6 Å². The van der Waals surface area contributed by atoms with Gasteiger partial charge in [0.05, 0.1) is 31.2 Å². The summed E-state index contributed by atoms with van der Waals surface area (Å²) in [5.41, 5.74) is 1.60. The topological polar surface area (TPSA) is 77.0 Å². The third-order valence-corrected chi connectivity index (χ3v) is 5.06. The molecular formula is C18H17BrN4O2S. The minimum Gasteiger partial charge on any atom is -0.477 e. The summed E-state index contributed by atoms with van der Waals surface area (Å²) in [5.74, 6) is 0.268. The van der Waals surface area contributed by atoms with Gasteiger partial charge in [-0.25, -0.2) is 9.97 Å². The number of benzene rings is 1. The molecule has 1 atom stereocenters. The van der Waals surface area contributed by atoms with E-state index in [2.05, 4.69) is 36.2 Å². The van der Waals surface area contributed by atoms with E-state index in [-0.39, 0.29) is 11.9 Å². The molecule has 0 radical (unpaired) electrons. The first kappa shape index (κ1) is 18.5. The summed E-state index contributed by atoms with van der Waals surface area (Å²) in [4.78, 5) is 25.8. The Hall–Kier alpha value is -2.32. The van der Waals surface area contributed by atoms with E-state index < -0.39 is 0 Å². The number of nitrogens with zero attached hydrogens (tertiary/aromatic N) is 3. The van der Waals surface area contributed by atoms with E-state index in [0.29, 0.717) is 28.1 Å². The van der Waals surface area contributed by atoms with Crippen LogP contribution in [-0.2, 0) is 0 Å². The van der Waals surface area contributed by atoms with Crippen molar-refractivity contribution in [3.63, 3.8) is 0 Å². The Labute approximate surface area is 163 Å². The second-order valence-corrected chi connectivity index (χ2v) is 7.40. The molecule has 0 spiro atoms. The molecule has 0 fully saturated rings. The molecule has 1 amide bonds. The summed E-state index contributed by atoms with van der Waals surface area (Å²) in [6.45, 7) is 4.34. The Morgan fingerprint density at radius 1 is 1.35 bits per heavy atom. The molecular weight excluding hydrogens is 416 g/mol. The molecule has 3 rings (SSSR count). The maximum Gasteiger partial charge on any atom is 0.263 e. The number of ether oxygens (including phenoxy) is 1. The highest BCUT2D eigenvalue weighted by atomic mass is 79.9. The standard InChI is InChI=1S/C18H17BrN4O2S/c1-3-25-16-10-20-8-14(23-16)18-21-9-15(26-18)17(24)22-11(2)12-5-4-6-13(19)7-12/h4-11H,3H2,1-2H3,(H,22,24)/t11-/m0/s1. The van der Waals surface area contributed by atoms with Gasteiger partial charge >= 0.3 is 0 Å². The van der Waals surface area contributed by atoms with Crippen LogP contribution in [0.3, 0.4) is 0 Å². The third-order valence-electron chi connectivity index (χ3n) is 3.55. The van der Waals surface area contributed by atoms with Crippen molar-refractivity contribution < 1.29 is 9.53 Å². The number of carbonyl (C=O) groups is 1. The van der Waals surface area contributed by atoms with Crippen LogP contribution in [-0.4, -0.2) is 27.5 Å². The fraction of sp³-hybridized carbons (Fsp3) is 0.222.